The van der Waals surface area contributed by atoms with Crippen LogP contribution in [0.2, 0.25) is 0 Å². The highest BCUT2D eigenvalue weighted by Crippen LogP contribution is 2.19. The Bertz CT molecular complexity index is 1020. The molecule has 2 N–H and O–H groups in total. The number of nitrogens with zero attached hydrogens (tertiary/aromatic N) is 3. The van der Waals surface area contributed by atoms with Crippen molar-refractivity contribution in [3.63, 3.8) is 0 Å². The molecule has 0 saturated heterocycles. The average molecular weight is 321 g/mol. The summed E-state index contributed by atoms with van der Waals surface area (Å²) >= 11 is 0. The first kappa shape index (κ1) is 14.3. The fourth-order valence-electron chi connectivity index (χ4n) is 2.53. The van der Waals surface area contributed by atoms with Gasteiger partial charge >= 0.3 is 5.97 Å². The molecular formula is C17H15N5O2. The highest BCUT2D eigenvalue weighted by molar-refractivity contribution is 5.89. The molecule has 0 unspecified atom stereocenters. The maximum absolute atomic E-state index is 11.6. The third-order valence-electron chi connectivity index (χ3n) is 3.63. The summed E-state index contributed by atoms with van der Waals surface area (Å²) in [6.07, 6.45) is 0. The summed E-state index contributed by atoms with van der Waals surface area (Å²) in [5.41, 5.74) is 3.18. The van der Waals surface area contributed by atoms with E-state index in [1.165, 1.54) is 0 Å². The van der Waals surface area contributed by atoms with E-state index in [0.29, 0.717) is 23.9 Å². The van der Waals surface area contributed by atoms with E-state index in [-0.39, 0.29) is 5.97 Å². The first-order valence-corrected chi connectivity index (χ1v) is 7.62. The van der Waals surface area contributed by atoms with Crippen LogP contribution in [-0.4, -0.2) is 32.2 Å². The predicted molar refractivity (Wildman–Crippen MR) is 90.5 cm³/mol. The fraction of sp³-hybridized carbons (Fsp3) is 0.118. The minimum absolute atomic E-state index is 0.327. The number of H-pyrrole nitrogens is 1. The molecule has 7 heteroatoms. The Morgan fingerprint density at radius 3 is 2.75 bits per heavy atom. The van der Waals surface area contributed by atoms with Crippen LogP contribution in [0.15, 0.2) is 48.5 Å². The molecule has 0 radical (unpaired) electrons. The Morgan fingerprint density at radius 1 is 1.17 bits per heavy atom. The highest BCUT2D eigenvalue weighted by Gasteiger charge is 2.10. The van der Waals surface area contributed by atoms with Crippen LogP contribution >= 0.6 is 0 Å². The first-order valence-electron chi connectivity index (χ1n) is 7.62. The molecule has 120 valence electrons. The van der Waals surface area contributed by atoms with E-state index in [0.717, 1.165) is 16.7 Å². The number of para-hydroxylation sites is 2. The van der Waals surface area contributed by atoms with Gasteiger partial charge in [0.1, 0.15) is 0 Å². The van der Waals surface area contributed by atoms with E-state index in [2.05, 4.69) is 20.4 Å². The molecule has 2 aromatic carbocycles. The van der Waals surface area contributed by atoms with E-state index in [1.54, 1.807) is 31.2 Å². The Hall–Kier alpha value is -3.35. The second kappa shape index (κ2) is 5.69. The zero-order valence-corrected chi connectivity index (χ0v) is 13.0. The van der Waals surface area contributed by atoms with Crippen LogP contribution in [0.25, 0.3) is 16.8 Å². The smallest absolute Gasteiger partial charge is 0.338 e. The van der Waals surface area contributed by atoms with Crippen molar-refractivity contribution in [2.75, 3.05) is 11.9 Å². The summed E-state index contributed by atoms with van der Waals surface area (Å²) in [7, 11) is 0. The molecule has 0 aliphatic rings. The molecule has 7 nitrogen and oxygen atoms in total. The van der Waals surface area contributed by atoms with Crippen LogP contribution in [-0.2, 0) is 4.74 Å². The normalized spacial score (nSPS) is 11.0. The molecule has 0 aliphatic heterocycles. The van der Waals surface area contributed by atoms with Crippen molar-refractivity contribution in [3.05, 3.63) is 54.1 Å². The summed E-state index contributed by atoms with van der Waals surface area (Å²) in [5.74, 6) is 0.848. The number of esters is 1. The Labute approximate surface area is 137 Å². The number of anilines is 2. The molecule has 2 heterocycles. The molecule has 24 heavy (non-hydrogen) atoms. The quantitative estimate of drug-likeness (QED) is 0.564. The lowest BCUT2D eigenvalue weighted by Gasteiger charge is -2.04. The van der Waals surface area contributed by atoms with Gasteiger partial charge in [-0.15, -0.1) is 0 Å². The van der Waals surface area contributed by atoms with Crippen LogP contribution < -0.4 is 5.32 Å². The number of ether oxygens (including phenoxy) is 1. The molecule has 0 aliphatic carbocycles. The van der Waals surface area contributed by atoms with E-state index in [9.17, 15) is 4.79 Å². The summed E-state index contributed by atoms with van der Waals surface area (Å²) in [4.78, 5) is 20.5. The van der Waals surface area contributed by atoms with Gasteiger partial charge in [-0.2, -0.15) is 4.98 Å². The summed E-state index contributed by atoms with van der Waals surface area (Å²) in [5, 5.41) is 6.33. The standard InChI is InChI=1S/C17H15N5O2/c1-2-24-15(23)11-7-9-12(10-8-11)18-16-20-17-19-13-5-3-4-6-14(13)22(17)21-16/h3-10H,2H2,1H3,(H2,18,19,20,21). The molecule has 0 spiro atoms. The van der Waals surface area contributed by atoms with Crippen LogP contribution in [0, 0.1) is 0 Å². The maximum Gasteiger partial charge on any atom is 0.338 e. The molecule has 0 amide bonds. The van der Waals surface area contributed by atoms with Gasteiger partial charge < -0.3 is 10.1 Å². The van der Waals surface area contributed by atoms with Crippen molar-refractivity contribution < 1.29 is 9.53 Å². The van der Waals surface area contributed by atoms with Gasteiger partial charge in [0, 0.05) is 5.69 Å². The topological polar surface area (TPSA) is 84.3 Å². The van der Waals surface area contributed by atoms with E-state index in [4.69, 9.17) is 4.74 Å². The fourth-order valence-corrected chi connectivity index (χ4v) is 2.53. The number of imidazole rings is 1. The number of hydrogen-bond acceptors (Lipinski definition) is 5. The van der Waals surface area contributed by atoms with Crippen LogP contribution in [0.3, 0.4) is 0 Å². The van der Waals surface area contributed by atoms with Gasteiger partial charge in [-0.05, 0) is 43.3 Å². The van der Waals surface area contributed by atoms with Crippen molar-refractivity contribution >= 4 is 34.4 Å². The summed E-state index contributed by atoms with van der Waals surface area (Å²) in [6.45, 7) is 2.14. The number of carbonyl (C=O) groups excluding carboxylic acids is 1. The number of benzene rings is 2. The van der Waals surface area contributed by atoms with Crippen LogP contribution in [0.1, 0.15) is 17.3 Å². The molecule has 4 aromatic rings. The van der Waals surface area contributed by atoms with E-state index < -0.39 is 0 Å². The molecule has 2 aromatic heterocycles. The SMILES string of the molecule is CCOC(=O)c1ccc(Nc2nc3nc4ccccc4n3[nH]2)cc1. The number of nitrogens with one attached hydrogen (secondary N) is 2. The first-order chi connectivity index (χ1) is 11.7. The lowest BCUT2D eigenvalue weighted by atomic mass is 10.2. The predicted octanol–water partition coefficient (Wildman–Crippen LogP) is 3.13. The molecular weight excluding hydrogens is 306 g/mol. The molecule has 0 fully saturated rings. The van der Waals surface area contributed by atoms with E-state index in [1.807, 2.05) is 28.8 Å². The van der Waals surface area contributed by atoms with Gasteiger partial charge in [-0.1, -0.05) is 12.1 Å². The zero-order chi connectivity index (χ0) is 16.5. The Balaban J connectivity index is 1.58. The van der Waals surface area contributed by atoms with Gasteiger partial charge in [0.05, 0.1) is 23.2 Å². The van der Waals surface area contributed by atoms with Crippen LogP contribution in [0.4, 0.5) is 11.6 Å². The second-order valence-electron chi connectivity index (χ2n) is 5.23. The maximum atomic E-state index is 11.6. The monoisotopic (exact) mass is 321 g/mol. The number of fused-ring (bicyclic) bond motifs is 3. The minimum Gasteiger partial charge on any atom is -0.462 e. The number of rotatable bonds is 4. The number of aromatic nitrogens is 4. The van der Waals surface area contributed by atoms with Crippen molar-refractivity contribution in [1.29, 1.82) is 0 Å². The van der Waals surface area contributed by atoms with Gasteiger partial charge in [0.2, 0.25) is 5.95 Å². The van der Waals surface area contributed by atoms with Gasteiger partial charge in [0.15, 0.2) is 0 Å². The molecule has 0 bridgehead atoms. The number of hydrogen-bond donors (Lipinski definition) is 2. The number of aromatic amines is 1. The summed E-state index contributed by atoms with van der Waals surface area (Å²) in [6, 6.07) is 14.8. The third kappa shape index (κ3) is 2.45. The van der Waals surface area contributed by atoms with Crippen molar-refractivity contribution in [1.82, 2.24) is 19.6 Å². The minimum atomic E-state index is -0.327. The molecule has 0 saturated carbocycles. The lowest BCUT2D eigenvalue weighted by molar-refractivity contribution is 0.0526. The van der Waals surface area contributed by atoms with Crippen LogP contribution in [0.5, 0.6) is 0 Å². The largest absolute Gasteiger partial charge is 0.462 e. The van der Waals surface area contributed by atoms with Crippen molar-refractivity contribution in [3.8, 4) is 0 Å². The van der Waals surface area contributed by atoms with Gasteiger partial charge in [-0.3, -0.25) is 5.10 Å². The zero-order valence-electron chi connectivity index (χ0n) is 13.0. The van der Waals surface area contributed by atoms with Gasteiger partial charge in [-0.25, -0.2) is 14.3 Å². The van der Waals surface area contributed by atoms with Gasteiger partial charge in [0.25, 0.3) is 5.78 Å². The Kier molecular flexibility index (Phi) is 3.38. The third-order valence-corrected chi connectivity index (χ3v) is 3.63. The average Bonchev–Trinajstić information content (AvgIpc) is 3.13. The number of carbonyl (C=O) groups is 1. The Morgan fingerprint density at radius 2 is 1.96 bits per heavy atom. The van der Waals surface area contributed by atoms with E-state index >= 15 is 0 Å². The summed E-state index contributed by atoms with van der Waals surface area (Å²) < 4.78 is 6.79. The second-order valence-corrected chi connectivity index (χ2v) is 5.23. The lowest BCUT2D eigenvalue weighted by Crippen LogP contribution is -2.04. The highest BCUT2D eigenvalue weighted by atomic mass is 16.5. The molecule has 4 rings (SSSR count). The molecule has 0 atom stereocenters. The van der Waals surface area contributed by atoms with Crippen molar-refractivity contribution in [2.45, 2.75) is 6.92 Å². The van der Waals surface area contributed by atoms with Crippen molar-refractivity contribution in [2.24, 2.45) is 0 Å².